The Labute approximate surface area is 154 Å². The van der Waals surface area contributed by atoms with Gasteiger partial charge in [-0.05, 0) is 53.8 Å². The number of nitrogens with zero attached hydrogens (tertiary/aromatic N) is 2. The standard InChI is InChI=1S/C19H16ClF3N2O/c20-17-7-4-13-8-11-25(18(26)19(21,22)23)12-9-15(13)16(17)6-5-14-3-1-2-10-24-14/h1-7,10H,8-9,11-12H2. The van der Waals surface area contributed by atoms with Crippen LogP contribution < -0.4 is 0 Å². The predicted octanol–water partition coefficient (Wildman–Crippen LogP) is 4.39. The highest BCUT2D eigenvalue weighted by molar-refractivity contribution is 6.32. The minimum atomic E-state index is -4.85. The van der Waals surface area contributed by atoms with Gasteiger partial charge in [0.25, 0.3) is 0 Å². The topological polar surface area (TPSA) is 33.2 Å². The summed E-state index contributed by atoms with van der Waals surface area (Å²) in [6, 6.07) is 9.07. The summed E-state index contributed by atoms with van der Waals surface area (Å²) in [5.41, 5.74) is 3.30. The van der Waals surface area contributed by atoms with Crippen molar-refractivity contribution in [2.45, 2.75) is 19.0 Å². The van der Waals surface area contributed by atoms with E-state index < -0.39 is 12.1 Å². The molecule has 1 amide bonds. The molecule has 0 saturated heterocycles. The fourth-order valence-electron chi connectivity index (χ4n) is 3.03. The number of rotatable bonds is 2. The van der Waals surface area contributed by atoms with Crippen molar-refractivity contribution in [2.24, 2.45) is 0 Å². The van der Waals surface area contributed by atoms with E-state index in [-0.39, 0.29) is 13.1 Å². The molecular formula is C19H16ClF3N2O. The third-order valence-corrected chi connectivity index (χ3v) is 4.65. The van der Waals surface area contributed by atoms with Crippen molar-refractivity contribution in [1.29, 1.82) is 0 Å². The molecule has 26 heavy (non-hydrogen) atoms. The zero-order valence-corrected chi connectivity index (χ0v) is 14.5. The van der Waals surface area contributed by atoms with Crippen LogP contribution in [0.4, 0.5) is 13.2 Å². The van der Waals surface area contributed by atoms with E-state index in [1.165, 1.54) is 0 Å². The summed E-state index contributed by atoms with van der Waals surface area (Å²) in [5, 5.41) is 0.520. The molecule has 1 aliphatic rings. The van der Waals surface area contributed by atoms with Crippen molar-refractivity contribution >= 4 is 29.7 Å². The molecule has 0 fully saturated rings. The van der Waals surface area contributed by atoms with Crippen molar-refractivity contribution in [3.63, 3.8) is 0 Å². The zero-order chi connectivity index (χ0) is 18.7. The van der Waals surface area contributed by atoms with Gasteiger partial charge >= 0.3 is 12.1 Å². The molecule has 0 N–H and O–H groups in total. The van der Waals surface area contributed by atoms with Gasteiger partial charge in [-0.1, -0.05) is 29.8 Å². The van der Waals surface area contributed by atoms with E-state index in [1.54, 1.807) is 12.3 Å². The Hall–Kier alpha value is -2.34. The van der Waals surface area contributed by atoms with E-state index in [9.17, 15) is 18.0 Å². The monoisotopic (exact) mass is 380 g/mol. The van der Waals surface area contributed by atoms with E-state index in [0.29, 0.717) is 17.9 Å². The Kier molecular flexibility index (Phi) is 5.32. The lowest BCUT2D eigenvalue weighted by molar-refractivity contribution is -0.185. The van der Waals surface area contributed by atoms with Crippen LogP contribution in [0.2, 0.25) is 5.02 Å². The first-order chi connectivity index (χ1) is 12.4. The molecule has 0 saturated carbocycles. The Morgan fingerprint density at radius 1 is 1.12 bits per heavy atom. The number of carbonyl (C=O) groups excluding carboxylic acids is 1. The van der Waals surface area contributed by atoms with Crippen molar-refractivity contribution in [2.75, 3.05) is 13.1 Å². The molecule has 1 aliphatic heterocycles. The van der Waals surface area contributed by atoms with Crippen LogP contribution in [-0.2, 0) is 17.6 Å². The summed E-state index contributed by atoms with van der Waals surface area (Å²) in [6.45, 7) is 0.0481. The van der Waals surface area contributed by atoms with Gasteiger partial charge in [0.1, 0.15) is 0 Å². The first-order valence-electron chi connectivity index (χ1n) is 8.12. The number of halogens is 4. The molecule has 7 heteroatoms. The van der Waals surface area contributed by atoms with Gasteiger partial charge in [-0.25, -0.2) is 0 Å². The predicted molar refractivity (Wildman–Crippen MR) is 94.7 cm³/mol. The molecule has 136 valence electrons. The van der Waals surface area contributed by atoms with E-state index in [1.807, 2.05) is 36.4 Å². The van der Waals surface area contributed by atoms with Crippen LogP contribution in [0.25, 0.3) is 12.2 Å². The third kappa shape index (κ3) is 4.07. The van der Waals surface area contributed by atoms with Gasteiger partial charge in [0, 0.05) is 24.3 Å². The Morgan fingerprint density at radius 2 is 1.88 bits per heavy atom. The van der Waals surface area contributed by atoms with Crippen molar-refractivity contribution in [3.8, 4) is 0 Å². The second-order valence-electron chi connectivity index (χ2n) is 5.98. The number of pyridine rings is 1. The summed E-state index contributed by atoms with van der Waals surface area (Å²) in [7, 11) is 0. The Balaban J connectivity index is 1.88. The second kappa shape index (κ2) is 7.50. The van der Waals surface area contributed by atoms with Crippen molar-refractivity contribution < 1.29 is 18.0 Å². The smallest absolute Gasteiger partial charge is 0.334 e. The summed E-state index contributed by atoms with van der Waals surface area (Å²) >= 11 is 6.32. The first kappa shape index (κ1) is 18.5. The fourth-order valence-corrected chi connectivity index (χ4v) is 3.27. The van der Waals surface area contributed by atoms with Gasteiger partial charge in [-0.2, -0.15) is 13.2 Å². The molecule has 3 nitrogen and oxygen atoms in total. The van der Waals surface area contributed by atoms with Crippen molar-refractivity contribution in [3.05, 3.63) is 63.9 Å². The molecule has 0 unspecified atom stereocenters. The van der Waals surface area contributed by atoms with Gasteiger partial charge in [0.15, 0.2) is 0 Å². The van der Waals surface area contributed by atoms with Gasteiger partial charge in [-0.15, -0.1) is 0 Å². The maximum Gasteiger partial charge on any atom is 0.471 e. The number of carbonyl (C=O) groups is 1. The van der Waals surface area contributed by atoms with E-state index in [2.05, 4.69) is 4.98 Å². The van der Waals surface area contributed by atoms with Crippen LogP contribution in [-0.4, -0.2) is 35.1 Å². The minimum Gasteiger partial charge on any atom is -0.334 e. The first-order valence-corrected chi connectivity index (χ1v) is 8.49. The molecule has 1 aromatic carbocycles. The van der Waals surface area contributed by atoms with Crippen LogP contribution in [0, 0.1) is 0 Å². The number of amides is 1. The molecule has 0 atom stereocenters. The number of benzene rings is 1. The molecule has 3 rings (SSSR count). The highest BCUT2D eigenvalue weighted by atomic mass is 35.5. The lowest BCUT2D eigenvalue weighted by atomic mass is 9.96. The van der Waals surface area contributed by atoms with Crippen LogP contribution >= 0.6 is 11.6 Å². The average Bonchev–Trinajstić information content (AvgIpc) is 2.83. The number of fused-ring (bicyclic) bond motifs is 1. The molecule has 2 aromatic rings. The molecular weight excluding hydrogens is 365 g/mol. The molecule has 0 bridgehead atoms. The molecule has 0 spiro atoms. The zero-order valence-electron chi connectivity index (χ0n) is 13.8. The maximum atomic E-state index is 12.7. The molecule has 1 aromatic heterocycles. The molecule has 0 aliphatic carbocycles. The van der Waals surface area contributed by atoms with E-state index in [4.69, 9.17) is 11.6 Å². The van der Waals surface area contributed by atoms with Crippen LogP contribution in [0.15, 0.2) is 36.5 Å². The summed E-state index contributed by atoms with van der Waals surface area (Å²) in [5.74, 6) is -1.79. The van der Waals surface area contributed by atoms with Gasteiger partial charge in [-0.3, -0.25) is 9.78 Å². The SMILES string of the molecule is O=C(N1CCc2ccc(Cl)c(C=Cc3ccccn3)c2CC1)C(F)(F)F. The quantitative estimate of drug-likeness (QED) is 0.774. The largest absolute Gasteiger partial charge is 0.471 e. The summed E-state index contributed by atoms with van der Waals surface area (Å²) in [4.78, 5) is 16.6. The molecule has 2 heterocycles. The lowest BCUT2D eigenvalue weighted by Gasteiger charge is -2.21. The molecule has 0 radical (unpaired) electrons. The number of aromatic nitrogens is 1. The van der Waals surface area contributed by atoms with Crippen LogP contribution in [0.3, 0.4) is 0 Å². The average molecular weight is 381 g/mol. The third-order valence-electron chi connectivity index (χ3n) is 4.32. The maximum absolute atomic E-state index is 12.7. The highest BCUT2D eigenvalue weighted by Crippen LogP contribution is 2.29. The Morgan fingerprint density at radius 3 is 2.58 bits per heavy atom. The Bertz CT molecular complexity index is 835. The van der Waals surface area contributed by atoms with Crippen LogP contribution in [0.1, 0.15) is 22.4 Å². The highest BCUT2D eigenvalue weighted by Gasteiger charge is 2.42. The normalized spacial score (nSPS) is 15.0. The van der Waals surface area contributed by atoms with Crippen molar-refractivity contribution in [1.82, 2.24) is 9.88 Å². The van der Waals surface area contributed by atoms with Gasteiger partial charge < -0.3 is 4.90 Å². The van der Waals surface area contributed by atoms with E-state index in [0.717, 1.165) is 27.3 Å². The minimum absolute atomic E-state index is 0.0100. The number of alkyl halides is 3. The second-order valence-corrected chi connectivity index (χ2v) is 6.38. The van der Waals surface area contributed by atoms with Crippen LogP contribution in [0.5, 0.6) is 0 Å². The van der Waals surface area contributed by atoms with Gasteiger partial charge in [0.05, 0.1) is 5.69 Å². The summed E-state index contributed by atoms with van der Waals surface area (Å²) in [6.07, 6.45) is 1.14. The summed E-state index contributed by atoms with van der Waals surface area (Å²) < 4.78 is 38.1. The number of hydrogen-bond donors (Lipinski definition) is 0. The van der Waals surface area contributed by atoms with E-state index >= 15 is 0 Å². The lowest BCUT2D eigenvalue weighted by Crippen LogP contribution is -2.42. The van der Waals surface area contributed by atoms with Gasteiger partial charge in [0.2, 0.25) is 0 Å². The fraction of sp³-hybridized carbons (Fsp3) is 0.263. The number of hydrogen-bond acceptors (Lipinski definition) is 2.